The number of benzene rings is 1. The first kappa shape index (κ1) is 10.2. The summed E-state index contributed by atoms with van der Waals surface area (Å²) in [5.74, 6) is 0. The van der Waals surface area contributed by atoms with Crippen LogP contribution >= 0.6 is 0 Å². The van der Waals surface area contributed by atoms with Crippen LogP contribution in [0.2, 0.25) is 0 Å². The average molecular weight is 216 g/mol. The molecule has 86 valence electrons. The van der Waals surface area contributed by atoms with Crippen molar-refractivity contribution in [3.63, 3.8) is 0 Å². The Morgan fingerprint density at radius 2 is 2.19 bits per heavy atom. The molecule has 0 amide bonds. The van der Waals surface area contributed by atoms with Crippen LogP contribution in [0.5, 0.6) is 0 Å². The second-order valence-electron chi connectivity index (χ2n) is 5.14. The van der Waals surface area contributed by atoms with E-state index in [1.807, 2.05) is 0 Å². The second kappa shape index (κ2) is 3.77. The highest BCUT2D eigenvalue weighted by atomic mass is 15.2. The van der Waals surface area contributed by atoms with E-state index in [9.17, 15) is 0 Å². The van der Waals surface area contributed by atoms with Gasteiger partial charge in [-0.2, -0.15) is 0 Å². The summed E-state index contributed by atoms with van der Waals surface area (Å²) in [5, 5.41) is 0. The summed E-state index contributed by atoms with van der Waals surface area (Å²) >= 11 is 0. The number of hydrogen-bond donors (Lipinski definition) is 1. The van der Waals surface area contributed by atoms with Crippen molar-refractivity contribution in [1.29, 1.82) is 0 Å². The molecule has 1 aromatic rings. The van der Waals surface area contributed by atoms with Gasteiger partial charge in [0, 0.05) is 24.3 Å². The maximum Gasteiger partial charge on any atom is 0.0416 e. The highest BCUT2D eigenvalue weighted by molar-refractivity contribution is 5.60. The third-order valence-electron chi connectivity index (χ3n) is 4.28. The highest BCUT2D eigenvalue weighted by Gasteiger charge is 2.36. The van der Waals surface area contributed by atoms with Crippen molar-refractivity contribution < 1.29 is 0 Å². The van der Waals surface area contributed by atoms with Crippen molar-refractivity contribution in [3.05, 3.63) is 29.3 Å². The minimum atomic E-state index is 0.575. The largest absolute Gasteiger partial charge is 0.364 e. The number of rotatable bonds is 1. The maximum absolute atomic E-state index is 5.89. The van der Waals surface area contributed by atoms with Crippen molar-refractivity contribution in [2.24, 2.45) is 5.73 Å². The van der Waals surface area contributed by atoms with Gasteiger partial charge in [0.05, 0.1) is 0 Å². The Bertz CT molecular complexity index is 400. The van der Waals surface area contributed by atoms with Crippen molar-refractivity contribution in [2.45, 2.75) is 44.7 Å². The zero-order valence-electron chi connectivity index (χ0n) is 9.95. The van der Waals surface area contributed by atoms with E-state index in [-0.39, 0.29) is 0 Å². The van der Waals surface area contributed by atoms with Gasteiger partial charge in [0.1, 0.15) is 0 Å². The lowest BCUT2D eigenvalue weighted by Gasteiger charge is -2.38. The van der Waals surface area contributed by atoms with Crippen LogP contribution in [-0.2, 0) is 6.42 Å². The van der Waals surface area contributed by atoms with Gasteiger partial charge in [-0.25, -0.2) is 0 Å². The third kappa shape index (κ3) is 1.36. The molecular weight excluding hydrogens is 196 g/mol. The van der Waals surface area contributed by atoms with Crippen LogP contribution in [0.25, 0.3) is 0 Å². The van der Waals surface area contributed by atoms with Crippen LogP contribution < -0.4 is 10.6 Å². The Morgan fingerprint density at radius 1 is 1.31 bits per heavy atom. The Kier molecular flexibility index (Phi) is 2.40. The van der Waals surface area contributed by atoms with Crippen LogP contribution in [0.15, 0.2) is 18.2 Å². The highest BCUT2D eigenvalue weighted by Crippen LogP contribution is 2.40. The van der Waals surface area contributed by atoms with Crippen LogP contribution in [0.1, 0.15) is 30.4 Å². The number of nitrogens with two attached hydrogens (primary N) is 1. The molecule has 2 aliphatic heterocycles. The monoisotopic (exact) mass is 216 g/mol. The predicted molar refractivity (Wildman–Crippen MR) is 67.8 cm³/mol. The predicted octanol–water partition coefficient (Wildman–Crippen LogP) is 2.24. The van der Waals surface area contributed by atoms with Crippen molar-refractivity contribution in [3.8, 4) is 0 Å². The van der Waals surface area contributed by atoms with Crippen molar-refractivity contribution in [2.75, 3.05) is 11.4 Å². The molecule has 3 rings (SSSR count). The zero-order chi connectivity index (χ0) is 11.1. The van der Waals surface area contributed by atoms with Gasteiger partial charge < -0.3 is 10.6 Å². The number of hydrogen-bond acceptors (Lipinski definition) is 2. The Balaban J connectivity index is 2.06. The molecule has 2 nitrogen and oxygen atoms in total. The fourth-order valence-electron chi connectivity index (χ4n) is 3.43. The van der Waals surface area contributed by atoms with Gasteiger partial charge in [-0.05, 0) is 49.8 Å². The summed E-state index contributed by atoms with van der Waals surface area (Å²) in [4.78, 5) is 2.60. The van der Waals surface area contributed by atoms with E-state index in [1.165, 1.54) is 36.9 Å². The first-order chi connectivity index (χ1) is 7.81. The molecule has 0 spiro atoms. The molecule has 2 atom stereocenters. The first-order valence-corrected chi connectivity index (χ1v) is 6.38. The Morgan fingerprint density at radius 3 is 3.00 bits per heavy atom. The molecule has 2 heteroatoms. The zero-order valence-corrected chi connectivity index (χ0v) is 9.95. The average Bonchev–Trinajstić information content (AvgIpc) is 2.72. The number of anilines is 1. The summed E-state index contributed by atoms with van der Waals surface area (Å²) in [6.45, 7) is 3.02. The molecule has 2 heterocycles. The minimum absolute atomic E-state index is 0.575. The fraction of sp³-hybridized carbons (Fsp3) is 0.571. The van der Waals surface area contributed by atoms with Crippen LogP contribution in [-0.4, -0.2) is 18.6 Å². The molecule has 0 saturated carbocycles. The quantitative estimate of drug-likeness (QED) is 0.780. The molecule has 16 heavy (non-hydrogen) atoms. The van der Waals surface area contributed by atoms with E-state index in [1.54, 1.807) is 5.56 Å². The van der Waals surface area contributed by atoms with Gasteiger partial charge in [-0.3, -0.25) is 0 Å². The van der Waals surface area contributed by atoms with Crippen molar-refractivity contribution >= 4 is 5.69 Å². The number of nitrogens with zero attached hydrogens (tertiary/aromatic N) is 1. The molecule has 2 aliphatic rings. The standard InChI is InChI=1S/C14H20N2/c1-10-3-2-4-14-13(10)8-7-11-5-6-12(9-15)16(11)14/h2-4,11-12H,5-9,15H2,1H3. The van der Waals surface area contributed by atoms with Gasteiger partial charge in [0.15, 0.2) is 0 Å². The fourth-order valence-corrected chi connectivity index (χ4v) is 3.43. The van der Waals surface area contributed by atoms with Crippen LogP contribution in [0.4, 0.5) is 5.69 Å². The lowest BCUT2D eigenvalue weighted by molar-refractivity contribution is 0.561. The normalized spacial score (nSPS) is 27.8. The molecule has 0 radical (unpaired) electrons. The molecule has 0 aliphatic carbocycles. The third-order valence-corrected chi connectivity index (χ3v) is 4.28. The molecule has 2 unspecified atom stereocenters. The summed E-state index contributed by atoms with van der Waals surface area (Å²) in [7, 11) is 0. The van der Waals surface area contributed by atoms with Gasteiger partial charge in [0.25, 0.3) is 0 Å². The molecular formula is C14H20N2. The summed E-state index contributed by atoms with van der Waals surface area (Å²) < 4.78 is 0. The number of aryl methyl sites for hydroxylation is 1. The summed E-state index contributed by atoms with van der Waals surface area (Å²) in [6.07, 6.45) is 5.17. The van der Waals surface area contributed by atoms with Gasteiger partial charge in [0.2, 0.25) is 0 Å². The lowest BCUT2D eigenvalue weighted by Crippen LogP contribution is -2.43. The Hall–Kier alpha value is -1.02. The second-order valence-corrected chi connectivity index (χ2v) is 5.14. The molecule has 1 fully saturated rings. The van der Waals surface area contributed by atoms with E-state index >= 15 is 0 Å². The van der Waals surface area contributed by atoms with Crippen molar-refractivity contribution in [1.82, 2.24) is 0 Å². The van der Waals surface area contributed by atoms with Crippen LogP contribution in [0, 0.1) is 6.92 Å². The summed E-state index contributed by atoms with van der Waals surface area (Å²) in [6, 6.07) is 8.02. The van der Waals surface area contributed by atoms with Gasteiger partial charge in [-0.1, -0.05) is 12.1 Å². The lowest BCUT2D eigenvalue weighted by atomic mass is 9.93. The van der Waals surface area contributed by atoms with E-state index in [2.05, 4.69) is 30.0 Å². The Labute approximate surface area is 97.4 Å². The molecule has 2 N–H and O–H groups in total. The molecule has 1 aromatic carbocycles. The van der Waals surface area contributed by atoms with E-state index in [0.29, 0.717) is 6.04 Å². The first-order valence-electron chi connectivity index (χ1n) is 6.38. The van der Waals surface area contributed by atoms with E-state index < -0.39 is 0 Å². The molecule has 0 bridgehead atoms. The summed E-state index contributed by atoms with van der Waals surface area (Å²) in [5.41, 5.74) is 10.4. The van der Waals surface area contributed by atoms with Gasteiger partial charge >= 0.3 is 0 Å². The van der Waals surface area contributed by atoms with E-state index in [4.69, 9.17) is 5.73 Å². The van der Waals surface area contributed by atoms with Crippen LogP contribution in [0.3, 0.4) is 0 Å². The van der Waals surface area contributed by atoms with E-state index in [0.717, 1.165) is 12.6 Å². The smallest absolute Gasteiger partial charge is 0.0416 e. The molecule has 1 saturated heterocycles. The topological polar surface area (TPSA) is 29.3 Å². The van der Waals surface area contributed by atoms with Gasteiger partial charge in [-0.15, -0.1) is 0 Å². The number of fused-ring (bicyclic) bond motifs is 3. The SMILES string of the molecule is Cc1cccc2c1CCC1CCC(CN)N21. The molecule has 0 aromatic heterocycles. The maximum atomic E-state index is 5.89. The minimum Gasteiger partial charge on any atom is -0.364 e.